The Bertz CT molecular complexity index is 384. The van der Waals surface area contributed by atoms with E-state index >= 15 is 0 Å². The van der Waals surface area contributed by atoms with E-state index in [1.165, 1.54) is 19.3 Å². The van der Waals surface area contributed by atoms with Crippen molar-refractivity contribution in [1.82, 2.24) is 9.97 Å². The molecule has 14 heavy (non-hydrogen) atoms. The van der Waals surface area contributed by atoms with Gasteiger partial charge in [-0.15, -0.1) is 6.42 Å². The molecule has 1 atom stereocenters. The third kappa shape index (κ3) is 2.45. The zero-order valence-electron chi connectivity index (χ0n) is 7.56. The summed E-state index contributed by atoms with van der Waals surface area (Å²) in [6.07, 6.45) is 6.41. The molecule has 0 aliphatic heterocycles. The molecule has 2 N–H and O–H groups in total. The summed E-state index contributed by atoms with van der Waals surface area (Å²) < 4.78 is 0. The Morgan fingerprint density at radius 2 is 2.43 bits per heavy atom. The molecule has 1 rings (SSSR count). The molecular formula is C9H9N3O2. The summed E-state index contributed by atoms with van der Waals surface area (Å²) in [5.41, 5.74) is 0.417. The summed E-state index contributed by atoms with van der Waals surface area (Å²) in [4.78, 5) is 18.1. The number of carbonyl (C=O) groups is 1. The van der Waals surface area contributed by atoms with E-state index < -0.39 is 12.0 Å². The molecule has 72 valence electrons. The van der Waals surface area contributed by atoms with E-state index in [0.29, 0.717) is 11.5 Å². The fourth-order valence-corrected chi connectivity index (χ4v) is 0.799. The van der Waals surface area contributed by atoms with Gasteiger partial charge in [-0.2, -0.15) is 0 Å². The maximum absolute atomic E-state index is 10.5. The highest BCUT2D eigenvalue weighted by atomic mass is 16.4. The molecule has 1 unspecified atom stereocenters. The van der Waals surface area contributed by atoms with Gasteiger partial charge < -0.3 is 10.4 Å². The molecule has 0 amide bonds. The Hall–Kier alpha value is -2.09. The summed E-state index contributed by atoms with van der Waals surface area (Å²) in [6, 6.07) is 0.801. The van der Waals surface area contributed by atoms with Crippen LogP contribution >= 0.6 is 0 Å². The number of hydrogen-bond acceptors (Lipinski definition) is 4. The van der Waals surface area contributed by atoms with Crippen LogP contribution in [0.4, 0.5) is 5.82 Å². The number of aliphatic carboxylic acids is 1. The maximum Gasteiger partial charge on any atom is 0.325 e. The van der Waals surface area contributed by atoms with Gasteiger partial charge >= 0.3 is 5.97 Å². The largest absolute Gasteiger partial charge is 0.480 e. The van der Waals surface area contributed by atoms with Crippen LogP contribution < -0.4 is 5.32 Å². The molecule has 1 aromatic heterocycles. The van der Waals surface area contributed by atoms with Crippen LogP contribution in [0.25, 0.3) is 0 Å². The lowest BCUT2D eigenvalue weighted by atomic mass is 10.3. The molecule has 0 aromatic carbocycles. The Morgan fingerprint density at radius 1 is 1.71 bits per heavy atom. The smallest absolute Gasteiger partial charge is 0.325 e. The third-order valence-electron chi connectivity index (χ3n) is 1.55. The molecule has 0 saturated heterocycles. The molecule has 0 spiro atoms. The Labute approximate surface area is 81.2 Å². The molecule has 5 nitrogen and oxygen atoms in total. The summed E-state index contributed by atoms with van der Waals surface area (Å²) in [7, 11) is 0. The van der Waals surface area contributed by atoms with Crippen molar-refractivity contribution in [2.75, 3.05) is 5.32 Å². The van der Waals surface area contributed by atoms with E-state index in [1.807, 2.05) is 0 Å². The average Bonchev–Trinajstić information content (AvgIpc) is 2.18. The molecule has 0 radical (unpaired) electrons. The van der Waals surface area contributed by atoms with Crippen LogP contribution in [-0.2, 0) is 4.79 Å². The van der Waals surface area contributed by atoms with Crippen LogP contribution in [0.5, 0.6) is 0 Å². The van der Waals surface area contributed by atoms with Gasteiger partial charge in [-0.05, 0) is 6.92 Å². The van der Waals surface area contributed by atoms with Crippen molar-refractivity contribution in [3.05, 3.63) is 18.1 Å². The lowest BCUT2D eigenvalue weighted by molar-refractivity contribution is -0.137. The van der Waals surface area contributed by atoms with E-state index in [0.717, 1.165) is 0 Å². The standard InChI is InChI=1S/C9H9N3O2/c1-3-7-4-8(11-5-10-7)12-6(2)9(13)14/h1,4-6H,2H3,(H,13,14)(H,10,11,12). The first-order valence-corrected chi connectivity index (χ1v) is 3.91. The van der Waals surface area contributed by atoms with Gasteiger partial charge in [0.25, 0.3) is 0 Å². The zero-order valence-corrected chi connectivity index (χ0v) is 7.56. The predicted octanol–water partition coefficient (Wildman–Crippen LogP) is 0.343. The SMILES string of the molecule is C#Cc1cc(NC(C)C(=O)O)ncn1. The van der Waals surface area contributed by atoms with Gasteiger partial charge in [0.1, 0.15) is 23.9 Å². The maximum atomic E-state index is 10.5. The van der Waals surface area contributed by atoms with E-state index in [9.17, 15) is 4.79 Å². The fourth-order valence-electron chi connectivity index (χ4n) is 0.799. The highest BCUT2D eigenvalue weighted by Gasteiger charge is 2.10. The third-order valence-corrected chi connectivity index (χ3v) is 1.55. The Balaban J connectivity index is 2.78. The predicted molar refractivity (Wildman–Crippen MR) is 50.7 cm³/mol. The van der Waals surface area contributed by atoms with Gasteiger partial charge in [0, 0.05) is 6.07 Å². The van der Waals surface area contributed by atoms with Gasteiger partial charge in [-0.25, -0.2) is 9.97 Å². The van der Waals surface area contributed by atoms with Gasteiger partial charge in [0.15, 0.2) is 0 Å². The van der Waals surface area contributed by atoms with Crippen LogP contribution in [0.3, 0.4) is 0 Å². The molecule has 0 fully saturated rings. The zero-order chi connectivity index (χ0) is 10.6. The summed E-state index contributed by atoms with van der Waals surface area (Å²) in [5, 5.41) is 11.3. The number of rotatable bonds is 3. The minimum Gasteiger partial charge on any atom is -0.480 e. The van der Waals surface area contributed by atoms with Crippen LogP contribution in [0.1, 0.15) is 12.6 Å². The van der Waals surface area contributed by atoms with Crippen molar-refractivity contribution in [1.29, 1.82) is 0 Å². The Kier molecular flexibility index (Phi) is 3.02. The minimum atomic E-state index is -0.953. The first-order chi connectivity index (χ1) is 6.63. The lowest BCUT2D eigenvalue weighted by Gasteiger charge is -2.08. The van der Waals surface area contributed by atoms with Crippen LogP contribution in [0.2, 0.25) is 0 Å². The van der Waals surface area contributed by atoms with E-state index in [1.54, 1.807) is 0 Å². The second-order valence-corrected chi connectivity index (χ2v) is 2.64. The average molecular weight is 191 g/mol. The normalized spacial score (nSPS) is 11.4. The quantitative estimate of drug-likeness (QED) is 0.674. The number of anilines is 1. The van der Waals surface area contributed by atoms with Gasteiger partial charge in [-0.3, -0.25) is 4.79 Å². The molecule has 1 aromatic rings. The summed E-state index contributed by atoms with van der Waals surface area (Å²) in [6.45, 7) is 1.51. The van der Waals surface area contributed by atoms with Crippen molar-refractivity contribution in [3.8, 4) is 12.3 Å². The number of aromatic nitrogens is 2. The van der Waals surface area contributed by atoms with Crippen LogP contribution in [0, 0.1) is 12.3 Å². The van der Waals surface area contributed by atoms with Crippen molar-refractivity contribution in [3.63, 3.8) is 0 Å². The highest BCUT2D eigenvalue weighted by molar-refractivity contribution is 5.76. The van der Waals surface area contributed by atoms with Crippen molar-refractivity contribution in [2.24, 2.45) is 0 Å². The highest BCUT2D eigenvalue weighted by Crippen LogP contribution is 2.04. The molecule has 0 saturated carbocycles. The number of carboxylic acid groups (broad SMARTS) is 1. The fraction of sp³-hybridized carbons (Fsp3) is 0.222. The minimum absolute atomic E-state index is 0.405. The first kappa shape index (κ1) is 9.99. The lowest BCUT2D eigenvalue weighted by Crippen LogP contribution is -2.25. The number of nitrogens with zero attached hydrogens (tertiary/aromatic N) is 2. The monoisotopic (exact) mass is 191 g/mol. The summed E-state index contributed by atoms with van der Waals surface area (Å²) >= 11 is 0. The molecular weight excluding hydrogens is 182 g/mol. The van der Waals surface area contributed by atoms with Crippen LogP contribution in [0.15, 0.2) is 12.4 Å². The molecule has 0 bridgehead atoms. The number of terminal acetylenes is 1. The Morgan fingerprint density at radius 3 is 3.00 bits per heavy atom. The van der Waals surface area contributed by atoms with E-state index in [2.05, 4.69) is 21.2 Å². The molecule has 5 heteroatoms. The first-order valence-electron chi connectivity index (χ1n) is 3.91. The van der Waals surface area contributed by atoms with Crippen LogP contribution in [-0.4, -0.2) is 27.1 Å². The van der Waals surface area contributed by atoms with Gasteiger partial charge in [0.05, 0.1) is 0 Å². The number of hydrogen-bond donors (Lipinski definition) is 2. The second kappa shape index (κ2) is 4.23. The van der Waals surface area contributed by atoms with Gasteiger partial charge in [0.2, 0.25) is 0 Å². The second-order valence-electron chi connectivity index (χ2n) is 2.64. The van der Waals surface area contributed by atoms with E-state index in [4.69, 9.17) is 11.5 Å². The molecule has 0 aliphatic rings. The van der Waals surface area contributed by atoms with E-state index in [-0.39, 0.29) is 0 Å². The molecule has 0 aliphatic carbocycles. The topological polar surface area (TPSA) is 75.1 Å². The van der Waals surface area contributed by atoms with Gasteiger partial charge in [-0.1, -0.05) is 5.92 Å². The van der Waals surface area contributed by atoms with Crippen molar-refractivity contribution >= 4 is 11.8 Å². The number of nitrogens with one attached hydrogen (secondary N) is 1. The number of carboxylic acids is 1. The van der Waals surface area contributed by atoms with Crippen molar-refractivity contribution in [2.45, 2.75) is 13.0 Å². The summed E-state index contributed by atoms with van der Waals surface area (Å²) in [5.74, 6) is 1.78. The molecule has 1 heterocycles. The van der Waals surface area contributed by atoms with Crippen molar-refractivity contribution < 1.29 is 9.90 Å².